The third-order valence-corrected chi connectivity index (χ3v) is 2.74. The molecule has 1 rings (SSSR count). The molecule has 1 aromatic carbocycles. The maximum absolute atomic E-state index is 12.3. The smallest absolute Gasteiger partial charge is 0.329 e. The first-order valence-electron chi connectivity index (χ1n) is 4.91. The zero-order valence-electron chi connectivity index (χ0n) is 9.47. The normalized spacial score (nSPS) is 13.4. The van der Waals surface area contributed by atoms with Gasteiger partial charge in [-0.05, 0) is 37.3 Å². The zero-order chi connectivity index (χ0) is 12.4. The summed E-state index contributed by atoms with van der Waals surface area (Å²) in [6.07, 6.45) is -2.62. The van der Waals surface area contributed by atoms with Gasteiger partial charge in [-0.3, -0.25) is 0 Å². The second-order valence-electron chi connectivity index (χ2n) is 4.55. The Morgan fingerprint density at radius 3 is 1.94 bits per heavy atom. The minimum absolute atomic E-state index is 0.627. The molecule has 0 heterocycles. The fourth-order valence-corrected chi connectivity index (χ4v) is 1.56. The first-order chi connectivity index (χ1) is 7.18. The Hall–Kier alpha value is -1.10. The Labute approximate surface area is 94.1 Å². The molecule has 5 heteroatoms. The number of halogens is 3. The molecule has 0 aliphatic rings. The lowest BCUT2D eigenvalue weighted by Gasteiger charge is -2.08. The molecule has 1 aromatic rings. The van der Waals surface area contributed by atoms with Gasteiger partial charge >= 0.3 is 6.18 Å². The summed E-state index contributed by atoms with van der Waals surface area (Å²) in [5.74, 6) is 0. The topological polar surface area (TPSA) is 12.4 Å². The molecule has 0 bridgehead atoms. The van der Waals surface area contributed by atoms with E-state index in [-0.39, 0.29) is 0 Å². The van der Waals surface area contributed by atoms with Crippen molar-refractivity contribution < 1.29 is 13.2 Å². The Morgan fingerprint density at radius 2 is 1.56 bits per heavy atom. The summed E-state index contributed by atoms with van der Waals surface area (Å²) in [5.41, 5.74) is 0.0769. The van der Waals surface area contributed by atoms with Crippen molar-refractivity contribution in [1.82, 2.24) is 0 Å². The molecule has 88 valence electrons. The third kappa shape index (κ3) is 4.18. The molecule has 0 N–H and O–H groups in total. The highest BCUT2D eigenvalue weighted by molar-refractivity contribution is 6.75. The van der Waals surface area contributed by atoms with Crippen LogP contribution in [0.5, 0.6) is 0 Å². The summed E-state index contributed by atoms with van der Waals surface area (Å²) in [4.78, 5) is 0. The Morgan fingerprint density at radius 1 is 1.06 bits per heavy atom. The molecule has 0 saturated carbocycles. The molecule has 16 heavy (non-hydrogen) atoms. The molecule has 0 aliphatic carbocycles. The molecular weight excluding hydrogens is 231 g/mol. The van der Waals surface area contributed by atoms with Gasteiger partial charge in [0.2, 0.25) is 0 Å². The molecular formula is C11H14F3NSi. The molecule has 0 spiro atoms. The first kappa shape index (κ1) is 13.0. The van der Waals surface area contributed by atoms with Gasteiger partial charge in [0, 0.05) is 6.21 Å². The fraction of sp³-hybridized carbons (Fsp3) is 0.364. The summed E-state index contributed by atoms with van der Waals surface area (Å²) in [6.45, 7) is 6.19. The van der Waals surface area contributed by atoms with Gasteiger partial charge in [-0.15, -0.1) is 0 Å². The molecule has 0 fully saturated rings. The Balaban J connectivity index is 2.85. The maximum Gasteiger partial charge on any atom is 0.416 e. The number of rotatable bonds is 2. The van der Waals surface area contributed by atoms with E-state index in [1.807, 2.05) is 0 Å². The van der Waals surface area contributed by atoms with Crippen molar-refractivity contribution in [3.8, 4) is 0 Å². The standard InChI is InChI=1S/C11H14F3NSi/c1-16(2,3)15-8-9-4-6-10(7-5-9)11(12,13)14/h4-8H,1-3H3/b15-8+. The van der Waals surface area contributed by atoms with Crippen molar-refractivity contribution in [2.75, 3.05) is 0 Å². The minimum Gasteiger partial charge on any atom is -0.329 e. The van der Waals surface area contributed by atoms with E-state index < -0.39 is 20.0 Å². The Kier molecular flexibility index (Phi) is 3.57. The van der Waals surface area contributed by atoms with Crippen LogP contribution in [0.3, 0.4) is 0 Å². The average molecular weight is 245 g/mol. The van der Waals surface area contributed by atoms with Crippen LogP contribution in [0.2, 0.25) is 19.6 Å². The molecule has 0 unspecified atom stereocenters. The van der Waals surface area contributed by atoms with Crippen LogP contribution in [-0.2, 0) is 6.18 Å². The molecule has 0 atom stereocenters. The van der Waals surface area contributed by atoms with Crippen molar-refractivity contribution in [3.05, 3.63) is 35.4 Å². The summed E-state index contributed by atoms with van der Waals surface area (Å²) >= 11 is 0. The van der Waals surface area contributed by atoms with Crippen molar-refractivity contribution in [2.24, 2.45) is 4.66 Å². The van der Waals surface area contributed by atoms with E-state index in [0.29, 0.717) is 5.56 Å². The van der Waals surface area contributed by atoms with Crippen LogP contribution in [0.15, 0.2) is 28.9 Å². The second-order valence-corrected chi connectivity index (χ2v) is 9.15. The molecule has 0 aliphatic heterocycles. The van der Waals surface area contributed by atoms with E-state index in [1.165, 1.54) is 12.1 Å². The van der Waals surface area contributed by atoms with E-state index in [2.05, 4.69) is 24.3 Å². The van der Waals surface area contributed by atoms with Crippen LogP contribution in [0.1, 0.15) is 11.1 Å². The van der Waals surface area contributed by atoms with E-state index in [0.717, 1.165) is 12.1 Å². The van der Waals surface area contributed by atoms with E-state index in [4.69, 9.17) is 0 Å². The van der Waals surface area contributed by atoms with Crippen LogP contribution in [0.25, 0.3) is 0 Å². The predicted molar refractivity (Wildman–Crippen MR) is 62.4 cm³/mol. The molecule has 0 amide bonds. The van der Waals surface area contributed by atoms with Crippen LogP contribution in [0.4, 0.5) is 13.2 Å². The fourth-order valence-electron chi connectivity index (χ4n) is 1.03. The monoisotopic (exact) mass is 245 g/mol. The van der Waals surface area contributed by atoms with Gasteiger partial charge in [0.25, 0.3) is 0 Å². The van der Waals surface area contributed by atoms with Crippen LogP contribution in [0, 0.1) is 0 Å². The third-order valence-electron chi connectivity index (χ3n) is 1.84. The summed E-state index contributed by atoms with van der Waals surface area (Å²) in [7, 11) is -1.54. The van der Waals surface area contributed by atoms with Crippen molar-refractivity contribution in [1.29, 1.82) is 0 Å². The highest BCUT2D eigenvalue weighted by Gasteiger charge is 2.29. The van der Waals surface area contributed by atoms with Gasteiger partial charge in [0.05, 0.1) is 5.56 Å². The average Bonchev–Trinajstić information content (AvgIpc) is 2.13. The number of hydrogen-bond donors (Lipinski definition) is 0. The number of alkyl halides is 3. The van der Waals surface area contributed by atoms with Gasteiger partial charge in [-0.1, -0.05) is 12.1 Å². The molecule has 0 radical (unpaired) electrons. The minimum atomic E-state index is -4.27. The summed E-state index contributed by atoms with van der Waals surface area (Å²) < 4.78 is 41.2. The van der Waals surface area contributed by atoms with E-state index >= 15 is 0 Å². The lowest BCUT2D eigenvalue weighted by atomic mass is 10.1. The van der Waals surface area contributed by atoms with Crippen LogP contribution < -0.4 is 0 Å². The predicted octanol–water partition coefficient (Wildman–Crippen LogP) is 3.96. The van der Waals surface area contributed by atoms with Crippen molar-refractivity contribution >= 4 is 14.5 Å². The zero-order valence-corrected chi connectivity index (χ0v) is 10.5. The largest absolute Gasteiger partial charge is 0.416 e. The lowest BCUT2D eigenvalue weighted by Crippen LogP contribution is -2.16. The number of nitrogens with zero attached hydrogens (tertiary/aromatic N) is 1. The molecule has 1 nitrogen and oxygen atoms in total. The Bertz CT molecular complexity index is 374. The molecule has 0 aromatic heterocycles. The number of benzene rings is 1. The second kappa shape index (κ2) is 4.41. The van der Waals surface area contributed by atoms with Crippen molar-refractivity contribution in [2.45, 2.75) is 25.8 Å². The van der Waals surface area contributed by atoms with Gasteiger partial charge < -0.3 is 4.66 Å². The first-order valence-corrected chi connectivity index (χ1v) is 8.36. The SMILES string of the molecule is C[Si](C)(C)/N=C/c1ccc(C(F)(F)F)cc1. The highest BCUT2D eigenvalue weighted by atomic mass is 28.3. The van der Waals surface area contributed by atoms with Crippen molar-refractivity contribution in [3.63, 3.8) is 0 Å². The quantitative estimate of drug-likeness (QED) is 0.552. The van der Waals surface area contributed by atoms with Crippen LogP contribution >= 0.6 is 0 Å². The van der Waals surface area contributed by atoms with E-state index in [9.17, 15) is 13.2 Å². The van der Waals surface area contributed by atoms with Gasteiger partial charge in [-0.25, -0.2) is 0 Å². The van der Waals surface area contributed by atoms with E-state index in [1.54, 1.807) is 6.21 Å². The molecule has 0 saturated heterocycles. The number of hydrogen-bond acceptors (Lipinski definition) is 1. The van der Waals surface area contributed by atoms with Gasteiger partial charge in [0.15, 0.2) is 8.24 Å². The highest BCUT2D eigenvalue weighted by Crippen LogP contribution is 2.28. The van der Waals surface area contributed by atoms with Crippen LogP contribution in [-0.4, -0.2) is 14.5 Å². The van der Waals surface area contributed by atoms with Gasteiger partial charge in [-0.2, -0.15) is 13.2 Å². The summed E-state index contributed by atoms with van der Waals surface area (Å²) in [5, 5.41) is 0. The summed E-state index contributed by atoms with van der Waals surface area (Å²) in [6, 6.07) is 5.02. The lowest BCUT2D eigenvalue weighted by molar-refractivity contribution is -0.137. The maximum atomic E-state index is 12.3. The van der Waals surface area contributed by atoms with Gasteiger partial charge in [0.1, 0.15) is 0 Å².